The Morgan fingerprint density at radius 1 is 0.625 bits per heavy atom. The summed E-state index contributed by atoms with van der Waals surface area (Å²) in [6.45, 7) is 10.4. The molecule has 1 atom stereocenters. The Labute approximate surface area is 199 Å². The molecule has 0 aromatic rings. The van der Waals surface area contributed by atoms with E-state index in [1.807, 2.05) is 20.8 Å². The van der Waals surface area contributed by atoms with Gasteiger partial charge in [0.05, 0.1) is 12.7 Å². The summed E-state index contributed by atoms with van der Waals surface area (Å²) in [5.74, 6) is -0.824. The highest BCUT2D eigenvalue weighted by molar-refractivity contribution is 6.00. The topological polar surface area (TPSA) is 52.6 Å². The van der Waals surface area contributed by atoms with Crippen LogP contribution in [0.2, 0.25) is 0 Å². The van der Waals surface area contributed by atoms with Gasteiger partial charge in [-0.05, 0) is 32.6 Å². The number of rotatable bonds is 22. The fourth-order valence-electron chi connectivity index (χ4n) is 4.18. The Balaban J connectivity index is 3.97. The molecule has 0 bridgehead atoms. The zero-order chi connectivity index (χ0) is 24.1. The van der Waals surface area contributed by atoms with Gasteiger partial charge in [0, 0.05) is 0 Å². The summed E-state index contributed by atoms with van der Waals surface area (Å²) in [6, 6.07) is 0. The third kappa shape index (κ3) is 13.5. The quantitative estimate of drug-likeness (QED) is 0.0934. The van der Waals surface area contributed by atoms with E-state index in [0.29, 0.717) is 19.4 Å². The number of carbonyl (C=O) groups excluding carboxylic acids is 2. The molecule has 0 rings (SSSR count). The standard InChI is InChI=1S/C28H54O4/c1-6-10-12-13-14-15-16-17-18-19-20-21-22-24-31-26(29)28(8-3,9-4)27(30)32-25(5)23-11-7-2/h25H,6-24H2,1-5H3. The van der Waals surface area contributed by atoms with Gasteiger partial charge in [0.2, 0.25) is 0 Å². The highest BCUT2D eigenvalue weighted by atomic mass is 16.6. The summed E-state index contributed by atoms with van der Waals surface area (Å²) in [7, 11) is 0. The molecule has 0 radical (unpaired) electrons. The van der Waals surface area contributed by atoms with Gasteiger partial charge in [-0.15, -0.1) is 0 Å². The van der Waals surface area contributed by atoms with Gasteiger partial charge in [-0.1, -0.05) is 118 Å². The summed E-state index contributed by atoms with van der Waals surface area (Å²) in [5, 5.41) is 0. The van der Waals surface area contributed by atoms with Crippen LogP contribution in [0.1, 0.15) is 150 Å². The van der Waals surface area contributed by atoms with Gasteiger partial charge in [-0.25, -0.2) is 0 Å². The summed E-state index contributed by atoms with van der Waals surface area (Å²) in [4.78, 5) is 25.5. The highest BCUT2D eigenvalue weighted by Crippen LogP contribution is 2.31. The van der Waals surface area contributed by atoms with Gasteiger partial charge in [-0.3, -0.25) is 9.59 Å². The smallest absolute Gasteiger partial charge is 0.323 e. The second-order valence-electron chi connectivity index (χ2n) is 9.53. The zero-order valence-corrected chi connectivity index (χ0v) is 22.1. The SMILES string of the molecule is CCCCCCCCCCCCCCCOC(=O)C(CC)(CC)C(=O)OC(C)CCCC. The Morgan fingerprint density at radius 3 is 1.50 bits per heavy atom. The van der Waals surface area contributed by atoms with Gasteiger partial charge in [-0.2, -0.15) is 0 Å². The van der Waals surface area contributed by atoms with Crippen molar-refractivity contribution in [3.63, 3.8) is 0 Å². The molecule has 0 spiro atoms. The molecular weight excluding hydrogens is 400 g/mol. The maximum Gasteiger partial charge on any atom is 0.323 e. The van der Waals surface area contributed by atoms with Crippen molar-refractivity contribution in [2.75, 3.05) is 6.61 Å². The fourth-order valence-corrected chi connectivity index (χ4v) is 4.18. The van der Waals surface area contributed by atoms with Crippen molar-refractivity contribution in [1.29, 1.82) is 0 Å². The molecule has 0 saturated carbocycles. The first kappa shape index (κ1) is 30.9. The number of ether oxygens (including phenoxy) is 2. The van der Waals surface area contributed by atoms with Crippen LogP contribution in [-0.2, 0) is 19.1 Å². The van der Waals surface area contributed by atoms with E-state index in [2.05, 4.69) is 13.8 Å². The first-order valence-electron chi connectivity index (χ1n) is 13.9. The maximum atomic E-state index is 12.8. The number of esters is 2. The summed E-state index contributed by atoms with van der Waals surface area (Å²) in [5.41, 5.74) is -1.16. The van der Waals surface area contributed by atoms with Gasteiger partial charge < -0.3 is 9.47 Å². The molecular formula is C28H54O4. The minimum absolute atomic E-state index is 0.159. The third-order valence-electron chi connectivity index (χ3n) is 6.74. The Kier molecular flexibility index (Phi) is 19.9. The van der Waals surface area contributed by atoms with Crippen LogP contribution >= 0.6 is 0 Å². The van der Waals surface area contributed by atoms with Crippen LogP contribution in [0.3, 0.4) is 0 Å². The fraction of sp³-hybridized carbons (Fsp3) is 0.929. The van der Waals surface area contributed by atoms with E-state index in [9.17, 15) is 9.59 Å². The third-order valence-corrected chi connectivity index (χ3v) is 6.74. The molecule has 1 unspecified atom stereocenters. The number of hydrogen-bond acceptors (Lipinski definition) is 4. The van der Waals surface area contributed by atoms with Crippen LogP contribution in [0, 0.1) is 5.41 Å². The van der Waals surface area contributed by atoms with Crippen molar-refractivity contribution in [3.8, 4) is 0 Å². The number of unbranched alkanes of at least 4 members (excludes halogenated alkanes) is 13. The molecule has 0 saturated heterocycles. The lowest BCUT2D eigenvalue weighted by atomic mass is 9.82. The minimum Gasteiger partial charge on any atom is -0.465 e. The monoisotopic (exact) mass is 454 g/mol. The largest absolute Gasteiger partial charge is 0.465 e. The molecule has 190 valence electrons. The van der Waals surface area contributed by atoms with Crippen molar-refractivity contribution in [3.05, 3.63) is 0 Å². The summed E-state index contributed by atoms with van der Waals surface area (Å²) < 4.78 is 11.1. The molecule has 0 fully saturated rings. The highest BCUT2D eigenvalue weighted by Gasteiger charge is 2.46. The average molecular weight is 455 g/mol. The first-order valence-corrected chi connectivity index (χ1v) is 13.9. The Hall–Kier alpha value is -1.06. The second kappa shape index (κ2) is 20.5. The lowest BCUT2D eigenvalue weighted by Crippen LogP contribution is -2.42. The molecule has 4 heteroatoms. The van der Waals surface area contributed by atoms with Crippen LogP contribution in [0.4, 0.5) is 0 Å². The van der Waals surface area contributed by atoms with E-state index in [1.54, 1.807) is 0 Å². The Bertz CT molecular complexity index is 456. The predicted octanol–water partition coefficient (Wildman–Crippen LogP) is 8.55. The molecule has 0 heterocycles. The van der Waals surface area contributed by atoms with Gasteiger partial charge in [0.15, 0.2) is 5.41 Å². The number of carbonyl (C=O) groups is 2. The van der Waals surface area contributed by atoms with Crippen molar-refractivity contribution in [1.82, 2.24) is 0 Å². The lowest BCUT2D eigenvalue weighted by molar-refractivity contribution is -0.176. The average Bonchev–Trinajstić information content (AvgIpc) is 2.79. The summed E-state index contributed by atoms with van der Waals surface area (Å²) in [6.07, 6.45) is 20.3. The normalized spacial score (nSPS) is 12.5. The lowest BCUT2D eigenvalue weighted by Gasteiger charge is -2.28. The van der Waals surface area contributed by atoms with E-state index in [0.717, 1.165) is 32.1 Å². The number of hydrogen-bond donors (Lipinski definition) is 0. The van der Waals surface area contributed by atoms with E-state index in [1.165, 1.54) is 70.6 Å². The van der Waals surface area contributed by atoms with E-state index in [4.69, 9.17) is 9.47 Å². The van der Waals surface area contributed by atoms with Crippen LogP contribution in [0.25, 0.3) is 0 Å². The Morgan fingerprint density at radius 2 is 1.06 bits per heavy atom. The molecule has 4 nitrogen and oxygen atoms in total. The van der Waals surface area contributed by atoms with Gasteiger partial charge in [0.1, 0.15) is 0 Å². The molecule has 0 aliphatic carbocycles. The van der Waals surface area contributed by atoms with Crippen molar-refractivity contribution >= 4 is 11.9 Å². The molecule has 0 aromatic carbocycles. The van der Waals surface area contributed by atoms with Crippen LogP contribution in [-0.4, -0.2) is 24.6 Å². The van der Waals surface area contributed by atoms with Crippen LogP contribution < -0.4 is 0 Å². The molecule has 32 heavy (non-hydrogen) atoms. The van der Waals surface area contributed by atoms with Crippen molar-refractivity contribution < 1.29 is 19.1 Å². The molecule has 0 aliphatic heterocycles. The van der Waals surface area contributed by atoms with Crippen molar-refractivity contribution in [2.45, 2.75) is 156 Å². The van der Waals surface area contributed by atoms with Gasteiger partial charge >= 0.3 is 11.9 Å². The summed E-state index contributed by atoms with van der Waals surface area (Å²) >= 11 is 0. The molecule has 0 aliphatic rings. The van der Waals surface area contributed by atoms with Crippen molar-refractivity contribution in [2.24, 2.45) is 5.41 Å². The van der Waals surface area contributed by atoms with E-state index >= 15 is 0 Å². The first-order chi connectivity index (χ1) is 15.5. The molecule has 0 amide bonds. The van der Waals surface area contributed by atoms with Gasteiger partial charge in [0.25, 0.3) is 0 Å². The zero-order valence-electron chi connectivity index (χ0n) is 22.1. The van der Waals surface area contributed by atoms with Crippen LogP contribution in [0.5, 0.6) is 0 Å². The second-order valence-corrected chi connectivity index (χ2v) is 9.53. The van der Waals surface area contributed by atoms with E-state index in [-0.39, 0.29) is 6.10 Å². The van der Waals surface area contributed by atoms with Crippen LogP contribution in [0.15, 0.2) is 0 Å². The minimum atomic E-state index is -1.16. The van der Waals surface area contributed by atoms with E-state index < -0.39 is 17.4 Å². The molecule has 0 N–H and O–H groups in total. The predicted molar refractivity (Wildman–Crippen MR) is 135 cm³/mol. The molecule has 0 aromatic heterocycles. The maximum absolute atomic E-state index is 12.8.